The van der Waals surface area contributed by atoms with Gasteiger partial charge in [0.1, 0.15) is 0 Å². The van der Waals surface area contributed by atoms with Crippen molar-refractivity contribution in [3.05, 3.63) is 41.9 Å². The number of nitrogens with zero attached hydrogens (tertiary/aromatic N) is 1. The molecule has 0 radical (unpaired) electrons. The number of oxazole rings is 1. The lowest BCUT2D eigenvalue weighted by Gasteiger charge is -2.19. The van der Waals surface area contributed by atoms with Gasteiger partial charge < -0.3 is 9.73 Å². The maximum absolute atomic E-state index is 13.2. The lowest BCUT2D eigenvalue weighted by Crippen LogP contribution is -2.37. The van der Waals surface area contributed by atoms with Crippen LogP contribution in [0.25, 0.3) is 11.3 Å². The van der Waals surface area contributed by atoms with Crippen molar-refractivity contribution >= 4 is 0 Å². The van der Waals surface area contributed by atoms with Gasteiger partial charge in [0.2, 0.25) is 0 Å². The average Bonchev–Trinajstić information content (AvgIpc) is 2.80. The lowest BCUT2D eigenvalue weighted by atomic mass is 10.1. The van der Waals surface area contributed by atoms with Crippen LogP contribution in [-0.4, -0.2) is 17.1 Å². The van der Waals surface area contributed by atoms with Crippen LogP contribution in [0.15, 0.2) is 28.8 Å². The molecule has 1 N–H and O–H groups in total. The molecule has 0 aliphatic rings. The smallest absolute Gasteiger partial charge is 0.196 e. The van der Waals surface area contributed by atoms with Gasteiger partial charge >= 0.3 is 0 Å². The lowest BCUT2D eigenvalue weighted by molar-refractivity contribution is 0.411. The van der Waals surface area contributed by atoms with E-state index in [2.05, 4.69) is 31.1 Å². The molecular weight excluding hydrogens is 262 g/mol. The molecular formula is C15H18F2N2O. The molecule has 5 heteroatoms. The van der Waals surface area contributed by atoms with E-state index in [0.717, 1.165) is 18.7 Å². The second-order valence-electron chi connectivity index (χ2n) is 5.67. The van der Waals surface area contributed by atoms with Gasteiger partial charge in [0.25, 0.3) is 0 Å². The monoisotopic (exact) mass is 280 g/mol. The zero-order valence-electron chi connectivity index (χ0n) is 11.8. The number of halogens is 2. The summed E-state index contributed by atoms with van der Waals surface area (Å²) < 4.78 is 31.6. The minimum Gasteiger partial charge on any atom is -0.441 e. The van der Waals surface area contributed by atoms with Crippen LogP contribution in [0.1, 0.15) is 26.7 Å². The van der Waals surface area contributed by atoms with Crippen molar-refractivity contribution in [2.24, 2.45) is 0 Å². The standard InChI is InChI=1S/C15H18F2N2O/c1-15(2,3)19-7-6-14-18-9-13(20-14)10-4-5-11(16)12(17)8-10/h4-5,8-9,19H,6-7H2,1-3H3. The van der Waals surface area contributed by atoms with E-state index in [0.29, 0.717) is 23.6 Å². The first kappa shape index (κ1) is 14.7. The Kier molecular flexibility index (Phi) is 4.18. The van der Waals surface area contributed by atoms with Crippen LogP contribution in [0.4, 0.5) is 8.78 Å². The van der Waals surface area contributed by atoms with E-state index in [1.807, 2.05) is 0 Å². The number of nitrogens with one attached hydrogen (secondary N) is 1. The Morgan fingerprint density at radius 1 is 1.20 bits per heavy atom. The summed E-state index contributed by atoms with van der Waals surface area (Å²) in [7, 11) is 0. The zero-order chi connectivity index (χ0) is 14.8. The highest BCUT2D eigenvalue weighted by Gasteiger charge is 2.11. The second kappa shape index (κ2) is 5.71. The third kappa shape index (κ3) is 3.87. The minimum absolute atomic E-state index is 0.0372. The molecule has 1 aromatic carbocycles. The highest BCUT2D eigenvalue weighted by Crippen LogP contribution is 2.22. The van der Waals surface area contributed by atoms with E-state index in [1.54, 1.807) is 0 Å². The van der Waals surface area contributed by atoms with E-state index in [1.165, 1.54) is 12.3 Å². The van der Waals surface area contributed by atoms with Crippen molar-refractivity contribution in [3.8, 4) is 11.3 Å². The summed E-state index contributed by atoms with van der Waals surface area (Å²) in [4.78, 5) is 4.14. The second-order valence-corrected chi connectivity index (χ2v) is 5.67. The van der Waals surface area contributed by atoms with Gasteiger partial charge in [-0.1, -0.05) is 0 Å². The Labute approximate surface area is 117 Å². The first-order valence-electron chi connectivity index (χ1n) is 6.50. The van der Waals surface area contributed by atoms with Crippen LogP contribution >= 0.6 is 0 Å². The molecule has 0 saturated carbocycles. The van der Waals surface area contributed by atoms with Gasteiger partial charge in [-0.3, -0.25) is 0 Å². The van der Waals surface area contributed by atoms with Crippen molar-refractivity contribution in [1.29, 1.82) is 0 Å². The van der Waals surface area contributed by atoms with Crippen molar-refractivity contribution < 1.29 is 13.2 Å². The third-order valence-corrected chi connectivity index (χ3v) is 2.75. The predicted molar refractivity (Wildman–Crippen MR) is 73.3 cm³/mol. The maximum atomic E-state index is 13.2. The molecule has 0 aliphatic heterocycles. The third-order valence-electron chi connectivity index (χ3n) is 2.75. The summed E-state index contributed by atoms with van der Waals surface area (Å²) in [5.74, 6) is -0.756. The van der Waals surface area contributed by atoms with Crippen molar-refractivity contribution in [2.75, 3.05) is 6.54 Å². The molecule has 20 heavy (non-hydrogen) atoms. The predicted octanol–water partition coefficient (Wildman–Crippen LogP) is 3.55. The van der Waals surface area contributed by atoms with Crippen LogP contribution in [-0.2, 0) is 6.42 Å². The van der Waals surface area contributed by atoms with Gasteiger partial charge in [-0.05, 0) is 39.0 Å². The van der Waals surface area contributed by atoms with E-state index in [4.69, 9.17) is 4.42 Å². The maximum Gasteiger partial charge on any atom is 0.196 e. The van der Waals surface area contributed by atoms with Gasteiger partial charge in [-0.15, -0.1) is 0 Å². The summed E-state index contributed by atoms with van der Waals surface area (Å²) in [6.45, 7) is 6.97. The van der Waals surface area contributed by atoms with E-state index in [9.17, 15) is 8.78 Å². The number of aromatic nitrogens is 1. The molecule has 3 nitrogen and oxygen atoms in total. The van der Waals surface area contributed by atoms with Gasteiger partial charge in [0, 0.05) is 24.1 Å². The minimum atomic E-state index is -0.894. The number of hydrogen-bond donors (Lipinski definition) is 1. The van der Waals surface area contributed by atoms with Gasteiger partial charge in [0.05, 0.1) is 6.20 Å². The fraction of sp³-hybridized carbons (Fsp3) is 0.400. The van der Waals surface area contributed by atoms with Gasteiger partial charge in [-0.2, -0.15) is 0 Å². The molecule has 1 heterocycles. The van der Waals surface area contributed by atoms with Gasteiger partial charge in [0.15, 0.2) is 23.3 Å². The summed E-state index contributed by atoms with van der Waals surface area (Å²) in [6, 6.07) is 3.65. The van der Waals surface area contributed by atoms with Gasteiger partial charge in [-0.25, -0.2) is 13.8 Å². The summed E-state index contributed by atoms with van der Waals surface area (Å²) in [5.41, 5.74) is 0.515. The Hall–Kier alpha value is -1.75. The fourth-order valence-corrected chi connectivity index (χ4v) is 1.75. The molecule has 0 atom stereocenters. The highest BCUT2D eigenvalue weighted by atomic mass is 19.2. The molecule has 1 aromatic heterocycles. The average molecular weight is 280 g/mol. The summed E-state index contributed by atoms with van der Waals surface area (Å²) >= 11 is 0. The molecule has 2 aromatic rings. The molecule has 0 unspecified atom stereocenters. The topological polar surface area (TPSA) is 38.1 Å². The fourth-order valence-electron chi connectivity index (χ4n) is 1.75. The molecule has 0 bridgehead atoms. The first-order valence-corrected chi connectivity index (χ1v) is 6.50. The number of rotatable bonds is 4. The highest BCUT2D eigenvalue weighted by molar-refractivity contribution is 5.56. The quantitative estimate of drug-likeness (QED) is 0.930. The number of hydrogen-bond acceptors (Lipinski definition) is 3. The Morgan fingerprint density at radius 3 is 2.60 bits per heavy atom. The largest absolute Gasteiger partial charge is 0.441 e. The van der Waals surface area contributed by atoms with E-state index >= 15 is 0 Å². The molecule has 0 amide bonds. The Bertz CT molecular complexity index is 588. The molecule has 2 rings (SSSR count). The SMILES string of the molecule is CC(C)(C)NCCc1ncc(-c2ccc(F)c(F)c2)o1. The van der Waals surface area contributed by atoms with Crippen molar-refractivity contribution in [1.82, 2.24) is 10.3 Å². The Morgan fingerprint density at radius 2 is 1.95 bits per heavy atom. The van der Waals surface area contributed by atoms with E-state index in [-0.39, 0.29) is 5.54 Å². The summed E-state index contributed by atoms with van der Waals surface area (Å²) in [6.07, 6.45) is 2.17. The van der Waals surface area contributed by atoms with Crippen LogP contribution < -0.4 is 5.32 Å². The van der Waals surface area contributed by atoms with Crippen LogP contribution in [0.2, 0.25) is 0 Å². The molecule has 0 spiro atoms. The van der Waals surface area contributed by atoms with Crippen LogP contribution in [0.3, 0.4) is 0 Å². The molecule has 0 aliphatic carbocycles. The van der Waals surface area contributed by atoms with E-state index < -0.39 is 11.6 Å². The number of benzene rings is 1. The molecule has 108 valence electrons. The zero-order valence-corrected chi connectivity index (χ0v) is 11.8. The van der Waals surface area contributed by atoms with Crippen molar-refractivity contribution in [3.63, 3.8) is 0 Å². The molecule has 0 fully saturated rings. The normalized spacial score (nSPS) is 11.8. The van der Waals surface area contributed by atoms with Crippen molar-refractivity contribution in [2.45, 2.75) is 32.7 Å². The van der Waals surface area contributed by atoms with Crippen LogP contribution in [0, 0.1) is 11.6 Å². The molecule has 0 saturated heterocycles. The first-order chi connectivity index (χ1) is 9.35. The Balaban J connectivity index is 2.03. The summed E-state index contributed by atoms with van der Waals surface area (Å²) in [5, 5.41) is 3.33. The van der Waals surface area contributed by atoms with Crippen LogP contribution in [0.5, 0.6) is 0 Å².